The molecule has 1 amide bonds. The molecular formula is C36H33ClN6O. The number of carbonyl (C=O) groups is 1. The smallest absolute Gasteiger partial charge is 0.251 e. The Morgan fingerprint density at radius 3 is 2.48 bits per heavy atom. The van der Waals surface area contributed by atoms with Crippen molar-refractivity contribution in [2.24, 2.45) is 12.8 Å². The third-order valence-corrected chi connectivity index (χ3v) is 7.73. The van der Waals surface area contributed by atoms with Crippen LogP contribution >= 0.6 is 12.4 Å². The van der Waals surface area contributed by atoms with Crippen molar-refractivity contribution in [1.82, 2.24) is 14.5 Å². The van der Waals surface area contributed by atoms with E-state index in [4.69, 9.17) is 16.1 Å². The molecule has 3 N–H and O–H groups in total. The number of carbonyl (C=O) groups excluding carboxylic acids is 1. The van der Waals surface area contributed by atoms with E-state index in [9.17, 15) is 4.79 Å². The van der Waals surface area contributed by atoms with Gasteiger partial charge in [0.25, 0.3) is 5.91 Å². The van der Waals surface area contributed by atoms with Gasteiger partial charge in [-0.3, -0.25) is 15.2 Å². The molecule has 2 heterocycles. The molecule has 6 aromatic rings. The fraction of sp³-hybridized carbons (Fsp3) is 0.111. The van der Waals surface area contributed by atoms with E-state index in [1.54, 1.807) is 23.2 Å². The van der Waals surface area contributed by atoms with Gasteiger partial charge in [-0.2, -0.15) is 0 Å². The molecule has 4 aromatic carbocycles. The van der Waals surface area contributed by atoms with E-state index in [0.717, 1.165) is 68.5 Å². The van der Waals surface area contributed by atoms with E-state index in [2.05, 4.69) is 33.8 Å². The second-order valence-electron chi connectivity index (χ2n) is 10.5. The minimum Gasteiger partial charge on any atom is -0.384 e. The molecule has 0 spiro atoms. The number of amides is 1. The van der Waals surface area contributed by atoms with Gasteiger partial charge in [-0.1, -0.05) is 72.8 Å². The van der Waals surface area contributed by atoms with Crippen LogP contribution in [0.3, 0.4) is 0 Å². The van der Waals surface area contributed by atoms with Gasteiger partial charge in [-0.25, -0.2) is 4.98 Å². The molecule has 8 heteroatoms. The third kappa shape index (κ3) is 6.53. The number of imidazole rings is 1. The fourth-order valence-corrected chi connectivity index (χ4v) is 5.36. The Morgan fingerprint density at radius 2 is 1.70 bits per heavy atom. The lowest BCUT2D eigenvalue weighted by molar-refractivity contribution is -0.114. The zero-order chi connectivity index (χ0) is 29.8. The summed E-state index contributed by atoms with van der Waals surface area (Å²) in [5.41, 5.74) is 11.9. The van der Waals surface area contributed by atoms with Crippen LogP contribution in [0.15, 0.2) is 115 Å². The molecule has 0 unspecified atom stereocenters. The third-order valence-electron chi connectivity index (χ3n) is 7.73. The Morgan fingerprint density at radius 1 is 0.932 bits per heavy atom. The van der Waals surface area contributed by atoms with Gasteiger partial charge in [0.15, 0.2) is 0 Å². The van der Waals surface area contributed by atoms with Crippen molar-refractivity contribution in [1.29, 1.82) is 5.41 Å². The number of amidine groups is 1. The van der Waals surface area contributed by atoms with Crippen LogP contribution in [0.1, 0.15) is 28.2 Å². The minimum atomic E-state index is -0.136. The predicted molar refractivity (Wildman–Crippen MR) is 181 cm³/mol. The first-order valence-corrected chi connectivity index (χ1v) is 14.2. The highest BCUT2D eigenvalue weighted by molar-refractivity contribution is 6.05. The van der Waals surface area contributed by atoms with Crippen LogP contribution in [0.2, 0.25) is 0 Å². The van der Waals surface area contributed by atoms with E-state index in [0.29, 0.717) is 6.54 Å². The van der Waals surface area contributed by atoms with Crippen molar-refractivity contribution in [3.63, 3.8) is 0 Å². The Bertz CT molecular complexity index is 1960. The number of anilines is 1. The first-order chi connectivity index (χ1) is 21.0. The number of aryl methyl sites for hydroxylation is 3. The lowest BCUT2D eigenvalue weighted by atomic mass is 10.0. The number of benzene rings is 4. The molecule has 0 saturated heterocycles. The maximum absolute atomic E-state index is 13.8. The molecule has 0 fully saturated rings. The summed E-state index contributed by atoms with van der Waals surface area (Å²) in [6, 6.07) is 33.9. The molecular weight excluding hydrogens is 568 g/mol. The van der Waals surface area contributed by atoms with Crippen molar-refractivity contribution in [2.45, 2.75) is 19.4 Å². The van der Waals surface area contributed by atoms with Crippen LogP contribution in [0.25, 0.3) is 27.9 Å². The highest BCUT2D eigenvalue weighted by atomic mass is 35.5. The first kappa shape index (κ1) is 30.2. The van der Waals surface area contributed by atoms with E-state index in [1.165, 1.54) is 0 Å². The molecule has 0 saturated carbocycles. The monoisotopic (exact) mass is 600 g/mol. The lowest BCUT2D eigenvalue weighted by Crippen LogP contribution is -2.28. The number of hydrogen-bond donors (Lipinski definition) is 2. The lowest BCUT2D eigenvalue weighted by Gasteiger charge is -2.22. The van der Waals surface area contributed by atoms with Gasteiger partial charge in [0.05, 0.1) is 23.3 Å². The summed E-state index contributed by atoms with van der Waals surface area (Å²) in [5.74, 6) is 0.894. The normalized spacial score (nSPS) is 11.1. The zero-order valence-electron chi connectivity index (χ0n) is 24.4. The van der Waals surface area contributed by atoms with Crippen molar-refractivity contribution < 1.29 is 4.79 Å². The van der Waals surface area contributed by atoms with Crippen LogP contribution < -0.4 is 10.6 Å². The van der Waals surface area contributed by atoms with Crippen LogP contribution in [0, 0.1) is 5.41 Å². The van der Waals surface area contributed by atoms with Crippen molar-refractivity contribution >= 4 is 57.7 Å². The zero-order valence-corrected chi connectivity index (χ0v) is 25.2. The number of nitrogen functional groups attached to an aromatic ring is 1. The fourth-order valence-electron chi connectivity index (χ4n) is 5.36. The molecule has 0 aliphatic carbocycles. The summed E-state index contributed by atoms with van der Waals surface area (Å²) < 4.78 is 2.11. The van der Waals surface area contributed by atoms with Gasteiger partial charge in [-0.05, 0) is 64.7 Å². The second kappa shape index (κ2) is 13.4. The van der Waals surface area contributed by atoms with E-state index in [-0.39, 0.29) is 24.1 Å². The van der Waals surface area contributed by atoms with Crippen LogP contribution in [0.4, 0.5) is 5.69 Å². The minimum absolute atomic E-state index is 0. The number of pyridine rings is 1. The van der Waals surface area contributed by atoms with Gasteiger partial charge in [0, 0.05) is 37.0 Å². The molecule has 0 aliphatic rings. The number of nitrogens with one attached hydrogen (secondary N) is 1. The average molecular weight is 601 g/mol. The molecule has 44 heavy (non-hydrogen) atoms. The van der Waals surface area contributed by atoms with Gasteiger partial charge in [-0.15, -0.1) is 12.4 Å². The number of rotatable bonds is 9. The van der Waals surface area contributed by atoms with Crippen molar-refractivity contribution in [3.8, 4) is 0 Å². The Kier molecular flexibility index (Phi) is 9.17. The first-order valence-electron chi connectivity index (χ1n) is 14.2. The van der Waals surface area contributed by atoms with Gasteiger partial charge in [0.2, 0.25) is 0 Å². The molecule has 6 rings (SSSR count). The Balaban J connectivity index is 0.00000384. The van der Waals surface area contributed by atoms with Gasteiger partial charge < -0.3 is 15.2 Å². The van der Waals surface area contributed by atoms with Crippen LogP contribution in [-0.4, -0.2) is 26.3 Å². The number of nitrogens with zero attached hydrogens (tertiary/aromatic N) is 4. The predicted octanol–water partition coefficient (Wildman–Crippen LogP) is 6.86. The SMILES string of the molecule is Cl.Cn1c(CCc2ccc(C(=N)N)cc2)nc2cc(N(Cc3cccc4ccccc34)C(=O)C=Cc3ccccn3)ccc21. The summed E-state index contributed by atoms with van der Waals surface area (Å²) >= 11 is 0. The summed E-state index contributed by atoms with van der Waals surface area (Å²) in [4.78, 5) is 24.8. The highest BCUT2D eigenvalue weighted by Gasteiger charge is 2.18. The Hall–Kier alpha value is -5.27. The molecule has 0 bridgehead atoms. The average Bonchev–Trinajstić information content (AvgIpc) is 3.36. The number of hydrogen-bond acceptors (Lipinski definition) is 4. The van der Waals surface area contributed by atoms with E-state index < -0.39 is 0 Å². The highest BCUT2D eigenvalue weighted by Crippen LogP contribution is 2.27. The molecule has 7 nitrogen and oxygen atoms in total. The van der Waals surface area contributed by atoms with E-state index >= 15 is 0 Å². The molecule has 0 aliphatic heterocycles. The van der Waals surface area contributed by atoms with Crippen LogP contribution in [0.5, 0.6) is 0 Å². The van der Waals surface area contributed by atoms with Crippen molar-refractivity contribution in [2.75, 3.05) is 4.90 Å². The molecule has 0 atom stereocenters. The molecule has 220 valence electrons. The summed E-state index contributed by atoms with van der Waals surface area (Å²) in [6.07, 6.45) is 6.61. The van der Waals surface area contributed by atoms with E-state index in [1.807, 2.05) is 85.9 Å². The maximum atomic E-state index is 13.8. The molecule has 0 radical (unpaired) electrons. The maximum Gasteiger partial charge on any atom is 0.251 e. The van der Waals surface area contributed by atoms with Crippen molar-refractivity contribution in [3.05, 3.63) is 144 Å². The number of nitrogens with two attached hydrogens (primary N) is 1. The Labute approximate surface area is 262 Å². The largest absolute Gasteiger partial charge is 0.384 e. The van der Waals surface area contributed by atoms with Crippen LogP contribution in [-0.2, 0) is 31.2 Å². The number of aromatic nitrogens is 3. The standard InChI is InChI=1S/C36H32N6O.ClH/c1-41-33-19-18-30(23-32(33)40-34(41)20-14-25-12-15-27(16-13-25)36(37)38)42(35(43)21-17-29-10-4-5-22-39-29)24-28-9-6-8-26-7-2-3-11-31(26)28;/h2-13,15-19,21-23H,14,20,24H2,1H3,(H3,37,38);1H. The summed E-state index contributed by atoms with van der Waals surface area (Å²) in [7, 11) is 2.03. The summed E-state index contributed by atoms with van der Waals surface area (Å²) in [6.45, 7) is 0.411. The number of fused-ring (bicyclic) bond motifs is 2. The van der Waals surface area contributed by atoms with Gasteiger partial charge in [0.1, 0.15) is 11.7 Å². The van der Waals surface area contributed by atoms with Gasteiger partial charge >= 0.3 is 0 Å². The number of halogens is 1. The summed E-state index contributed by atoms with van der Waals surface area (Å²) in [5, 5.41) is 9.86. The molecule has 2 aromatic heterocycles. The topological polar surface area (TPSA) is 101 Å². The quantitative estimate of drug-likeness (QED) is 0.108. The second-order valence-corrected chi connectivity index (χ2v) is 10.5.